The Morgan fingerprint density at radius 2 is 1.90 bits per heavy atom. The molecule has 2 aromatic heterocycles. The molecule has 8 heteroatoms. The van der Waals surface area contributed by atoms with Crippen molar-refractivity contribution in [3.8, 4) is 5.69 Å². The van der Waals surface area contributed by atoms with Crippen molar-refractivity contribution in [1.82, 2.24) is 14.1 Å². The van der Waals surface area contributed by atoms with Crippen LogP contribution in [0.25, 0.3) is 16.6 Å². The third kappa shape index (κ3) is 3.58. The van der Waals surface area contributed by atoms with Crippen LogP contribution in [0, 0.1) is 11.6 Å². The molecule has 146 valence electrons. The van der Waals surface area contributed by atoms with Crippen LogP contribution >= 0.6 is 11.8 Å². The van der Waals surface area contributed by atoms with E-state index in [2.05, 4.69) is 4.98 Å². The molecule has 0 spiro atoms. The maximum absolute atomic E-state index is 14.5. The first-order valence-corrected chi connectivity index (χ1v) is 9.69. The molecular formula is C21H15F2N3O2S. The molecule has 0 aliphatic heterocycles. The fraction of sp³-hybridized carbons (Fsp3) is 0.0952. The van der Waals surface area contributed by atoms with Gasteiger partial charge in [-0.1, -0.05) is 23.9 Å². The number of fused-ring (bicyclic) bond motifs is 1. The Labute approximate surface area is 168 Å². The van der Waals surface area contributed by atoms with Crippen LogP contribution in [0.1, 0.15) is 10.5 Å². The summed E-state index contributed by atoms with van der Waals surface area (Å²) in [7, 11) is 1.76. The Kier molecular flexibility index (Phi) is 5.02. The third-order valence-electron chi connectivity index (χ3n) is 4.46. The number of aryl methyl sites for hydroxylation is 1. The number of thioether (sulfide) groups is 1. The van der Waals surface area contributed by atoms with Gasteiger partial charge in [0.25, 0.3) is 5.56 Å². The summed E-state index contributed by atoms with van der Waals surface area (Å²) in [6.45, 7) is 0. The smallest absolute Gasteiger partial charge is 0.266 e. The Morgan fingerprint density at radius 3 is 2.62 bits per heavy atom. The van der Waals surface area contributed by atoms with E-state index in [1.807, 2.05) is 0 Å². The molecule has 29 heavy (non-hydrogen) atoms. The average Bonchev–Trinajstić information content (AvgIpc) is 3.13. The minimum atomic E-state index is -0.889. The SMILES string of the molecule is Cn1cccc1C(=O)CSc1nc2ccccc2c(=O)n1-c1ccc(F)cc1F. The number of para-hydroxylation sites is 1. The molecule has 0 saturated carbocycles. The summed E-state index contributed by atoms with van der Waals surface area (Å²) in [5, 5.41) is 0.455. The second-order valence-corrected chi connectivity index (χ2v) is 7.31. The van der Waals surface area contributed by atoms with Gasteiger partial charge < -0.3 is 4.57 Å². The standard InChI is InChI=1S/C21H15F2N3O2S/c1-25-10-4-7-18(25)19(27)12-29-21-24-16-6-3-2-5-14(16)20(28)26(21)17-9-8-13(22)11-15(17)23/h2-11H,12H2,1H3. The van der Waals surface area contributed by atoms with Crippen LogP contribution in [0.2, 0.25) is 0 Å². The van der Waals surface area contributed by atoms with Gasteiger partial charge in [-0.05, 0) is 36.4 Å². The van der Waals surface area contributed by atoms with Crippen molar-refractivity contribution in [2.45, 2.75) is 5.16 Å². The summed E-state index contributed by atoms with van der Waals surface area (Å²) in [5.41, 5.74) is 0.337. The second kappa shape index (κ2) is 7.63. The van der Waals surface area contributed by atoms with Gasteiger partial charge >= 0.3 is 0 Å². The first kappa shape index (κ1) is 19.1. The summed E-state index contributed by atoms with van der Waals surface area (Å²) in [6, 6.07) is 13.1. The molecule has 0 aliphatic rings. The number of Topliss-reactive ketones (excluding diaryl/α,β-unsaturated/α-hetero) is 1. The van der Waals surface area contributed by atoms with Crippen LogP contribution in [-0.4, -0.2) is 25.7 Å². The van der Waals surface area contributed by atoms with Crippen LogP contribution in [0.5, 0.6) is 0 Å². The predicted molar refractivity (Wildman–Crippen MR) is 108 cm³/mol. The van der Waals surface area contributed by atoms with Crippen molar-refractivity contribution in [2.75, 3.05) is 5.75 Å². The Morgan fingerprint density at radius 1 is 1.10 bits per heavy atom. The number of halogens is 2. The number of nitrogens with zero attached hydrogens (tertiary/aromatic N) is 3. The Balaban J connectivity index is 1.82. The van der Waals surface area contributed by atoms with Crippen molar-refractivity contribution in [1.29, 1.82) is 0 Å². The lowest BCUT2D eigenvalue weighted by Crippen LogP contribution is -2.23. The molecule has 0 radical (unpaired) electrons. The molecule has 2 aromatic carbocycles. The monoisotopic (exact) mass is 411 g/mol. The largest absolute Gasteiger partial charge is 0.348 e. The van der Waals surface area contributed by atoms with Crippen LogP contribution in [-0.2, 0) is 7.05 Å². The minimum absolute atomic E-state index is 0.00540. The highest BCUT2D eigenvalue weighted by Gasteiger charge is 2.18. The molecule has 4 rings (SSSR count). The second-order valence-electron chi connectivity index (χ2n) is 6.36. The van der Waals surface area contributed by atoms with E-state index in [0.717, 1.165) is 22.4 Å². The maximum Gasteiger partial charge on any atom is 0.266 e. The van der Waals surface area contributed by atoms with E-state index in [9.17, 15) is 18.4 Å². The number of aromatic nitrogens is 3. The number of benzene rings is 2. The van der Waals surface area contributed by atoms with Crippen molar-refractivity contribution < 1.29 is 13.6 Å². The lowest BCUT2D eigenvalue weighted by Gasteiger charge is -2.14. The quantitative estimate of drug-likeness (QED) is 0.283. The third-order valence-corrected chi connectivity index (χ3v) is 5.40. The fourth-order valence-electron chi connectivity index (χ4n) is 3.04. The first-order chi connectivity index (χ1) is 14.0. The molecule has 0 bridgehead atoms. The van der Waals surface area contributed by atoms with E-state index in [1.165, 1.54) is 6.07 Å². The molecular weight excluding hydrogens is 396 g/mol. The number of rotatable bonds is 5. The summed E-state index contributed by atoms with van der Waals surface area (Å²) in [4.78, 5) is 30.1. The van der Waals surface area contributed by atoms with Crippen LogP contribution in [0.4, 0.5) is 8.78 Å². The van der Waals surface area contributed by atoms with E-state index in [1.54, 1.807) is 54.2 Å². The van der Waals surface area contributed by atoms with Gasteiger partial charge in [0.2, 0.25) is 0 Å². The van der Waals surface area contributed by atoms with Gasteiger partial charge in [0, 0.05) is 19.3 Å². The lowest BCUT2D eigenvalue weighted by molar-refractivity contribution is 0.101. The number of carbonyl (C=O) groups is 1. The number of ketones is 1. The van der Waals surface area contributed by atoms with Crippen molar-refractivity contribution >= 4 is 28.4 Å². The highest BCUT2D eigenvalue weighted by atomic mass is 32.2. The lowest BCUT2D eigenvalue weighted by atomic mass is 10.2. The van der Waals surface area contributed by atoms with Gasteiger partial charge in [0.1, 0.15) is 11.6 Å². The number of carbonyl (C=O) groups excluding carboxylic acids is 1. The summed E-state index contributed by atoms with van der Waals surface area (Å²) in [6.07, 6.45) is 1.76. The minimum Gasteiger partial charge on any atom is -0.348 e. The van der Waals surface area contributed by atoms with E-state index >= 15 is 0 Å². The summed E-state index contributed by atoms with van der Waals surface area (Å²) >= 11 is 1.03. The van der Waals surface area contributed by atoms with Gasteiger partial charge in [0.05, 0.1) is 28.0 Å². The molecule has 2 heterocycles. The molecule has 0 unspecified atom stereocenters. The Bertz CT molecular complexity index is 1300. The van der Waals surface area contributed by atoms with Gasteiger partial charge in [-0.25, -0.2) is 13.8 Å². The van der Waals surface area contributed by atoms with Gasteiger partial charge in [0.15, 0.2) is 10.9 Å². The van der Waals surface area contributed by atoms with Gasteiger partial charge in [-0.15, -0.1) is 0 Å². The highest BCUT2D eigenvalue weighted by molar-refractivity contribution is 7.99. The molecule has 0 atom stereocenters. The normalized spacial score (nSPS) is 11.1. The van der Waals surface area contributed by atoms with Crippen LogP contribution in [0.15, 0.2) is 70.7 Å². The molecule has 0 N–H and O–H groups in total. The first-order valence-electron chi connectivity index (χ1n) is 8.70. The van der Waals surface area contributed by atoms with Gasteiger partial charge in [-0.3, -0.25) is 14.2 Å². The predicted octanol–water partition coefficient (Wildman–Crippen LogP) is 3.98. The molecule has 4 aromatic rings. The molecule has 0 saturated heterocycles. The molecule has 0 fully saturated rings. The van der Waals surface area contributed by atoms with Gasteiger partial charge in [-0.2, -0.15) is 0 Å². The number of hydrogen-bond acceptors (Lipinski definition) is 4. The molecule has 5 nitrogen and oxygen atoms in total. The Hall–Kier alpha value is -3.26. The zero-order valence-electron chi connectivity index (χ0n) is 15.3. The van der Waals surface area contributed by atoms with Crippen LogP contribution < -0.4 is 5.56 Å². The zero-order chi connectivity index (χ0) is 20.5. The van der Waals surface area contributed by atoms with E-state index in [-0.39, 0.29) is 22.4 Å². The van der Waals surface area contributed by atoms with Crippen molar-refractivity contribution in [2.24, 2.45) is 7.05 Å². The topological polar surface area (TPSA) is 56.9 Å². The van der Waals surface area contributed by atoms with Crippen molar-refractivity contribution in [3.63, 3.8) is 0 Å². The molecule has 0 aliphatic carbocycles. The van der Waals surface area contributed by atoms with E-state index < -0.39 is 17.2 Å². The fourth-order valence-corrected chi connectivity index (χ4v) is 3.92. The molecule has 0 amide bonds. The van der Waals surface area contributed by atoms with Crippen LogP contribution in [0.3, 0.4) is 0 Å². The maximum atomic E-state index is 14.5. The zero-order valence-corrected chi connectivity index (χ0v) is 16.1. The number of hydrogen-bond donors (Lipinski definition) is 0. The van der Waals surface area contributed by atoms with Crippen molar-refractivity contribution in [3.05, 3.63) is 88.5 Å². The van der Waals surface area contributed by atoms with E-state index in [4.69, 9.17) is 0 Å². The van der Waals surface area contributed by atoms with E-state index in [0.29, 0.717) is 22.7 Å². The summed E-state index contributed by atoms with van der Waals surface area (Å²) in [5.74, 6) is -1.79. The highest BCUT2D eigenvalue weighted by Crippen LogP contribution is 2.24. The average molecular weight is 411 g/mol. The summed E-state index contributed by atoms with van der Waals surface area (Å²) < 4.78 is 30.6.